The van der Waals surface area contributed by atoms with E-state index in [-0.39, 0.29) is 13.1 Å². The largest absolute Gasteiger partial charge is 0.338 e. The van der Waals surface area contributed by atoms with Gasteiger partial charge in [-0.2, -0.15) is 9.29 Å². The van der Waals surface area contributed by atoms with Gasteiger partial charge in [-0.25, -0.2) is 17.2 Å². The lowest BCUT2D eigenvalue weighted by molar-refractivity contribution is 0.163. The molecule has 2 aromatic heterocycles. The molecule has 4 rings (SSSR count). The van der Waals surface area contributed by atoms with Gasteiger partial charge in [0.25, 0.3) is 0 Å². The van der Waals surface area contributed by atoms with E-state index in [1.165, 1.54) is 0 Å². The first-order valence-electron chi connectivity index (χ1n) is 8.84. The van der Waals surface area contributed by atoms with Crippen LogP contribution in [0.5, 0.6) is 0 Å². The summed E-state index contributed by atoms with van der Waals surface area (Å²) in [5.74, 6) is -0.945. The number of halogens is 2. The number of sulfonamides is 1. The van der Waals surface area contributed by atoms with Gasteiger partial charge in [0.2, 0.25) is 21.7 Å². The molecule has 0 bridgehead atoms. The van der Waals surface area contributed by atoms with Gasteiger partial charge in [0.1, 0.15) is 16.5 Å². The summed E-state index contributed by atoms with van der Waals surface area (Å²) in [4.78, 5) is 9.64. The Morgan fingerprint density at radius 1 is 1.10 bits per heavy atom. The van der Waals surface area contributed by atoms with Crippen molar-refractivity contribution in [2.24, 2.45) is 0 Å². The molecule has 11 heteroatoms. The Kier molecular flexibility index (Phi) is 5.35. The van der Waals surface area contributed by atoms with E-state index in [4.69, 9.17) is 4.52 Å². The lowest BCUT2D eigenvalue weighted by Crippen LogP contribution is -2.48. The van der Waals surface area contributed by atoms with Crippen LogP contribution < -0.4 is 0 Å². The van der Waals surface area contributed by atoms with E-state index in [1.54, 1.807) is 18.5 Å². The minimum atomic E-state index is -4.11. The summed E-state index contributed by atoms with van der Waals surface area (Å²) in [7, 11) is -4.11. The Morgan fingerprint density at radius 2 is 1.90 bits per heavy atom. The molecule has 0 atom stereocenters. The van der Waals surface area contributed by atoms with Crippen LogP contribution in [0.3, 0.4) is 0 Å². The van der Waals surface area contributed by atoms with Crippen molar-refractivity contribution in [1.29, 1.82) is 0 Å². The molecule has 1 aliphatic heterocycles. The normalized spacial score (nSPS) is 16.2. The highest BCUT2D eigenvalue weighted by molar-refractivity contribution is 7.89. The predicted molar refractivity (Wildman–Crippen MR) is 97.9 cm³/mol. The quantitative estimate of drug-likeness (QED) is 0.621. The Morgan fingerprint density at radius 3 is 2.62 bits per heavy atom. The third-order valence-corrected chi connectivity index (χ3v) is 6.50. The molecule has 0 amide bonds. The van der Waals surface area contributed by atoms with E-state index in [2.05, 4.69) is 15.1 Å². The van der Waals surface area contributed by atoms with Crippen molar-refractivity contribution in [3.8, 4) is 11.4 Å². The molecule has 3 heterocycles. The second kappa shape index (κ2) is 7.93. The fraction of sp³-hybridized carbons (Fsp3) is 0.278. The molecular formula is C18H17F2N5O3S. The molecule has 0 radical (unpaired) electrons. The van der Waals surface area contributed by atoms with Crippen LogP contribution in [0.15, 0.2) is 52.1 Å². The second-order valence-electron chi connectivity index (χ2n) is 6.51. The van der Waals surface area contributed by atoms with Crippen LogP contribution in [-0.2, 0) is 16.6 Å². The maximum Gasteiger partial charge on any atom is 0.246 e. The third-order valence-electron chi connectivity index (χ3n) is 4.59. The van der Waals surface area contributed by atoms with Crippen molar-refractivity contribution in [2.75, 3.05) is 26.2 Å². The van der Waals surface area contributed by atoms with E-state index in [0.717, 1.165) is 22.0 Å². The molecule has 0 aliphatic carbocycles. The third kappa shape index (κ3) is 4.16. The van der Waals surface area contributed by atoms with Crippen molar-refractivity contribution in [2.45, 2.75) is 11.4 Å². The molecule has 1 aromatic carbocycles. The van der Waals surface area contributed by atoms with Crippen molar-refractivity contribution >= 4 is 10.0 Å². The van der Waals surface area contributed by atoms with Crippen LogP contribution in [0.2, 0.25) is 0 Å². The Labute approximate surface area is 165 Å². The zero-order valence-electron chi connectivity index (χ0n) is 15.2. The smallest absolute Gasteiger partial charge is 0.246 e. The number of hydrogen-bond acceptors (Lipinski definition) is 7. The van der Waals surface area contributed by atoms with Gasteiger partial charge in [-0.05, 0) is 30.3 Å². The number of nitrogens with zero attached hydrogens (tertiary/aromatic N) is 5. The summed E-state index contributed by atoms with van der Waals surface area (Å²) in [5.41, 5.74) is 0.732. The van der Waals surface area contributed by atoms with E-state index in [9.17, 15) is 17.2 Å². The fourth-order valence-corrected chi connectivity index (χ4v) is 4.56. The van der Waals surface area contributed by atoms with Gasteiger partial charge in [-0.3, -0.25) is 9.88 Å². The number of pyridine rings is 1. The highest BCUT2D eigenvalue weighted by Crippen LogP contribution is 2.22. The van der Waals surface area contributed by atoms with E-state index < -0.39 is 26.6 Å². The minimum absolute atomic E-state index is 0.141. The lowest BCUT2D eigenvalue weighted by Gasteiger charge is -2.33. The Balaban J connectivity index is 1.40. The standard InChI is InChI=1S/C18H17F2N5O3S/c19-14-3-4-15(20)16(10-14)29(26,27)25-8-6-24(7-9-25)12-17-22-18(23-28-17)13-2-1-5-21-11-13/h1-5,10-11H,6-9,12H2. The van der Waals surface area contributed by atoms with Gasteiger partial charge in [-0.1, -0.05) is 5.16 Å². The summed E-state index contributed by atoms with van der Waals surface area (Å²) < 4.78 is 59.0. The molecular weight excluding hydrogens is 404 g/mol. The molecule has 0 N–H and O–H groups in total. The van der Waals surface area contributed by atoms with E-state index in [0.29, 0.717) is 37.4 Å². The summed E-state index contributed by atoms with van der Waals surface area (Å²) >= 11 is 0. The Hall–Kier alpha value is -2.76. The first-order valence-corrected chi connectivity index (χ1v) is 10.3. The van der Waals surface area contributed by atoms with Gasteiger partial charge >= 0.3 is 0 Å². The first-order chi connectivity index (χ1) is 13.9. The average molecular weight is 421 g/mol. The molecule has 8 nitrogen and oxygen atoms in total. The highest BCUT2D eigenvalue weighted by atomic mass is 32.2. The van der Waals surface area contributed by atoms with Crippen LogP contribution in [-0.4, -0.2) is 58.9 Å². The summed E-state index contributed by atoms with van der Waals surface area (Å²) in [6, 6.07) is 5.99. The lowest BCUT2D eigenvalue weighted by atomic mass is 10.3. The van der Waals surface area contributed by atoms with Gasteiger partial charge in [0, 0.05) is 44.1 Å². The first kappa shape index (κ1) is 19.6. The highest BCUT2D eigenvalue weighted by Gasteiger charge is 2.31. The van der Waals surface area contributed by atoms with Crippen molar-refractivity contribution in [3.63, 3.8) is 0 Å². The van der Waals surface area contributed by atoms with Crippen molar-refractivity contribution < 1.29 is 21.7 Å². The predicted octanol–water partition coefficient (Wildman–Crippen LogP) is 1.92. The maximum atomic E-state index is 13.9. The second-order valence-corrected chi connectivity index (χ2v) is 8.41. The average Bonchev–Trinajstić information content (AvgIpc) is 3.19. The number of benzene rings is 1. The molecule has 1 fully saturated rings. The molecule has 0 spiro atoms. The van der Waals surface area contributed by atoms with Crippen molar-refractivity contribution in [3.05, 3.63) is 60.3 Å². The van der Waals surface area contributed by atoms with E-state index in [1.807, 2.05) is 11.0 Å². The molecule has 1 aliphatic rings. The molecule has 0 saturated carbocycles. The minimum Gasteiger partial charge on any atom is -0.338 e. The van der Waals surface area contributed by atoms with E-state index >= 15 is 0 Å². The zero-order valence-corrected chi connectivity index (χ0v) is 16.0. The topological polar surface area (TPSA) is 92.4 Å². The molecule has 3 aromatic rings. The van der Waals surface area contributed by atoms with Crippen LogP contribution >= 0.6 is 0 Å². The van der Waals surface area contributed by atoms with Crippen molar-refractivity contribution in [1.82, 2.24) is 24.3 Å². The SMILES string of the molecule is O=S(=O)(c1cc(F)ccc1F)N1CCN(Cc2nc(-c3cccnc3)no2)CC1. The number of aromatic nitrogens is 3. The van der Waals surface area contributed by atoms with Crippen LogP contribution in [0, 0.1) is 11.6 Å². The Bertz CT molecular complexity index is 1100. The molecule has 0 unspecified atom stereocenters. The molecule has 29 heavy (non-hydrogen) atoms. The van der Waals surface area contributed by atoms with Gasteiger partial charge < -0.3 is 4.52 Å². The van der Waals surface area contributed by atoms with Crippen LogP contribution in [0.25, 0.3) is 11.4 Å². The molecule has 1 saturated heterocycles. The summed E-state index contributed by atoms with van der Waals surface area (Å²) in [5, 5.41) is 3.93. The van der Waals surface area contributed by atoms with Gasteiger partial charge in [0.05, 0.1) is 6.54 Å². The fourth-order valence-electron chi connectivity index (χ4n) is 3.06. The summed E-state index contributed by atoms with van der Waals surface area (Å²) in [6.07, 6.45) is 3.28. The number of rotatable bonds is 5. The maximum absolute atomic E-state index is 13.9. The van der Waals surface area contributed by atoms with Crippen LogP contribution in [0.1, 0.15) is 5.89 Å². The van der Waals surface area contributed by atoms with Gasteiger partial charge in [-0.15, -0.1) is 0 Å². The summed E-state index contributed by atoms with van der Waals surface area (Å²) in [6.45, 7) is 1.42. The number of hydrogen-bond donors (Lipinski definition) is 0. The molecule has 152 valence electrons. The number of piperazine rings is 1. The van der Waals surface area contributed by atoms with Gasteiger partial charge in [0.15, 0.2) is 0 Å². The van der Waals surface area contributed by atoms with Crippen LogP contribution in [0.4, 0.5) is 8.78 Å². The zero-order chi connectivity index (χ0) is 20.4. The monoisotopic (exact) mass is 421 g/mol.